The van der Waals surface area contributed by atoms with E-state index < -0.39 is 0 Å². The minimum atomic E-state index is 0. The van der Waals surface area contributed by atoms with Crippen molar-refractivity contribution in [1.29, 1.82) is 0 Å². The van der Waals surface area contributed by atoms with Crippen molar-refractivity contribution in [2.24, 2.45) is 10.8 Å². The molecule has 0 aromatic carbocycles. The molecule has 0 heterocycles. The molecule has 0 bridgehead atoms. The first kappa shape index (κ1) is 42.6. The van der Waals surface area contributed by atoms with Gasteiger partial charge in [0, 0.05) is 0 Å². The number of hydrogen-bond donors (Lipinski definition) is 0. The molecule has 0 aliphatic heterocycles. The topological polar surface area (TPSA) is 0 Å². The van der Waals surface area contributed by atoms with Crippen molar-refractivity contribution < 1.29 is 0 Å². The second-order valence-electron chi connectivity index (χ2n) is 12.9. The molecule has 0 rings (SSSR count). The van der Waals surface area contributed by atoms with Gasteiger partial charge in [-0.3, -0.25) is 0 Å². The second kappa shape index (κ2) is 30.7. The van der Waals surface area contributed by atoms with Crippen LogP contribution in [0.5, 0.6) is 0 Å². The van der Waals surface area contributed by atoms with E-state index in [9.17, 15) is 0 Å². The molecule has 0 spiro atoms. The maximum absolute atomic E-state index is 2.41. The highest BCUT2D eigenvalue weighted by molar-refractivity contribution is 4.81. The van der Waals surface area contributed by atoms with Crippen molar-refractivity contribution in [3.63, 3.8) is 0 Å². The van der Waals surface area contributed by atoms with Gasteiger partial charge in [0.25, 0.3) is 0 Å². The summed E-state index contributed by atoms with van der Waals surface area (Å²) < 4.78 is 0. The van der Waals surface area contributed by atoms with E-state index in [-0.39, 0.29) is 14.9 Å². The summed E-state index contributed by atoms with van der Waals surface area (Å²) in [6, 6.07) is 0. The average molecular weight is 509 g/mol. The van der Waals surface area contributed by atoms with Gasteiger partial charge in [0.1, 0.15) is 0 Å². The third kappa shape index (κ3) is 46.8. The Labute approximate surface area is 233 Å². The Hall–Kier alpha value is -0.520. The molecule has 0 fully saturated rings. The van der Waals surface area contributed by atoms with E-state index in [2.05, 4.69) is 79.7 Å². The fourth-order valence-corrected chi connectivity index (χ4v) is 4.10. The molecule has 0 radical (unpaired) electrons. The predicted molar refractivity (Wildman–Crippen MR) is 174 cm³/mol. The van der Waals surface area contributed by atoms with Gasteiger partial charge in [-0.2, -0.15) is 0 Å². The summed E-state index contributed by atoms with van der Waals surface area (Å²) in [5, 5.41) is 0. The molecular weight excluding hydrogens is 432 g/mol. The average Bonchev–Trinajstić information content (AvgIpc) is 2.75. The van der Waals surface area contributed by atoms with Crippen LogP contribution in [0.3, 0.4) is 0 Å². The molecule has 0 aromatic rings. The molecule has 0 saturated carbocycles. The van der Waals surface area contributed by atoms with Crippen LogP contribution in [-0.2, 0) is 0 Å². The summed E-state index contributed by atoms with van der Waals surface area (Å²) in [5.74, 6) is 0. The summed E-state index contributed by atoms with van der Waals surface area (Å²) >= 11 is 0. The van der Waals surface area contributed by atoms with Crippen LogP contribution in [0.2, 0.25) is 0 Å². The van der Waals surface area contributed by atoms with Gasteiger partial charge in [0.2, 0.25) is 0 Å². The Morgan fingerprint density at radius 1 is 0.389 bits per heavy atom. The molecule has 0 amide bonds. The van der Waals surface area contributed by atoms with Crippen molar-refractivity contribution in [2.75, 3.05) is 0 Å². The number of unbranched alkanes of at least 4 members (excludes halogenated alkanes) is 14. The molecule has 0 heteroatoms. The maximum atomic E-state index is 2.41. The van der Waals surface area contributed by atoms with Crippen LogP contribution in [0.15, 0.2) is 24.3 Å². The molecule has 0 aliphatic rings. The van der Waals surface area contributed by atoms with Gasteiger partial charge in [0.05, 0.1) is 0 Å². The van der Waals surface area contributed by atoms with E-state index >= 15 is 0 Å². The van der Waals surface area contributed by atoms with Crippen LogP contribution in [0.4, 0.5) is 0 Å². The SMILES string of the molecule is C.C.CC/C=C/CCCCCCC(C)(C)C.CCCCCCCC/C=C\CCCCCCC(C)(C)C. The van der Waals surface area contributed by atoms with Crippen molar-refractivity contribution in [3.8, 4) is 0 Å². The zero-order valence-corrected chi connectivity index (χ0v) is 25.5. The third-order valence-corrected chi connectivity index (χ3v) is 6.39. The van der Waals surface area contributed by atoms with Gasteiger partial charge in [-0.25, -0.2) is 0 Å². The van der Waals surface area contributed by atoms with E-state index in [1.165, 1.54) is 128 Å². The highest BCUT2D eigenvalue weighted by atomic mass is 14.1. The summed E-state index contributed by atoms with van der Waals surface area (Å²) in [6.07, 6.45) is 36.9. The zero-order chi connectivity index (χ0) is 26.0. The lowest BCUT2D eigenvalue weighted by atomic mass is 9.89. The molecule has 0 aliphatic carbocycles. The smallest absolute Gasteiger partial charge is 0.0351 e. The monoisotopic (exact) mass is 509 g/mol. The van der Waals surface area contributed by atoms with Crippen LogP contribution in [-0.4, -0.2) is 0 Å². The lowest BCUT2D eigenvalue weighted by Gasteiger charge is -2.17. The largest absolute Gasteiger partial charge is 0.0888 e. The molecule has 0 atom stereocenters. The number of rotatable bonds is 20. The highest BCUT2D eigenvalue weighted by Gasteiger charge is 2.09. The molecule has 0 unspecified atom stereocenters. The molecule has 0 aromatic heterocycles. The van der Waals surface area contributed by atoms with Gasteiger partial charge >= 0.3 is 0 Å². The lowest BCUT2D eigenvalue weighted by molar-refractivity contribution is 0.357. The fraction of sp³-hybridized carbons (Fsp3) is 0.889. The molecule has 36 heavy (non-hydrogen) atoms. The number of hydrogen-bond acceptors (Lipinski definition) is 0. The Morgan fingerprint density at radius 3 is 1.03 bits per heavy atom. The van der Waals surface area contributed by atoms with E-state index in [4.69, 9.17) is 0 Å². The molecule has 0 saturated heterocycles. The lowest BCUT2D eigenvalue weighted by Crippen LogP contribution is -2.03. The first-order valence-corrected chi connectivity index (χ1v) is 15.4. The van der Waals surface area contributed by atoms with Crippen LogP contribution < -0.4 is 0 Å². The van der Waals surface area contributed by atoms with Crippen LogP contribution in [0.25, 0.3) is 0 Å². The predicted octanol–water partition coefficient (Wildman–Crippen LogP) is 14.3. The Balaban J connectivity index is -0.000000285. The van der Waals surface area contributed by atoms with Crippen molar-refractivity contribution >= 4 is 0 Å². The van der Waals surface area contributed by atoms with Gasteiger partial charge in [0.15, 0.2) is 0 Å². The van der Waals surface area contributed by atoms with Gasteiger partial charge in [-0.05, 0) is 68.6 Å². The third-order valence-electron chi connectivity index (χ3n) is 6.39. The van der Waals surface area contributed by atoms with Crippen LogP contribution in [0, 0.1) is 10.8 Å². The maximum Gasteiger partial charge on any atom is -0.0351 e. The highest BCUT2D eigenvalue weighted by Crippen LogP contribution is 2.23. The summed E-state index contributed by atoms with van der Waals surface area (Å²) in [7, 11) is 0. The zero-order valence-electron chi connectivity index (χ0n) is 25.5. The first-order chi connectivity index (χ1) is 16.1. The van der Waals surface area contributed by atoms with Crippen molar-refractivity contribution in [1.82, 2.24) is 0 Å². The Kier molecular flexibility index (Phi) is 36.3. The number of allylic oxidation sites excluding steroid dienone is 4. The summed E-state index contributed by atoms with van der Waals surface area (Å²) in [5.41, 5.74) is 1.05. The van der Waals surface area contributed by atoms with Gasteiger partial charge < -0.3 is 0 Å². The van der Waals surface area contributed by atoms with Crippen molar-refractivity contribution in [2.45, 2.75) is 199 Å². The first-order valence-electron chi connectivity index (χ1n) is 15.4. The fourth-order valence-electron chi connectivity index (χ4n) is 4.10. The van der Waals surface area contributed by atoms with Crippen molar-refractivity contribution in [3.05, 3.63) is 24.3 Å². The minimum absolute atomic E-state index is 0. The Morgan fingerprint density at radius 2 is 0.694 bits per heavy atom. The standard InChI is InChI=1S/C20H40.C14H28.2CH4/c1-5-6-7-8-9-10-11-12-13-14-15-16-17-18-19-20(2,3)4;1-5-6-7-8-9-10-11-12-13-14(2,3)4;;/h12-13H,5-11,14-19H2,1-4H3;6-7H,5,8-13H2,1-4H3;2*1H4/b13-12-;7-6+;;. The van der Waals surface area contributed by atoms with Gasteiger partial charge in [-0.1, -0.05) is 165 Å². The molecule has 0 N–H and O–H groups in total. The van der Waals surface area contributed by atoms with E-state index in [0.29, 0.717) is 10.8 Å². The van der Waals surface area contributed by atoms with E-state index in [1.54, 1.807) is 0 Å². The minimum Gasteiger partial charge on any atom is -0.0888 e. The van der Waals surface area contributed by atoms with Gasteiger partial charge in [-0.15, -0.1) is 0 Å². The Bertz CT molecular complexity index is 426. The molecular formula is C36H76. The normalized spacial score (nSPS) is 11.8. The van der Waals surface area contributed by atoms with Crippen LogP contribution >= 0.6 is 0 Å². The summed E-state index contributed by atoms with van der Waals surface area (Å²) in [6.45, 7) is 18.5. The molecule has 220 valence electrons. The van der Waals surface area contributed by atoms with E-state index in [1.807, 2.05) is 0 Å². The van der Waals surface area contributed by atoms with Crippen LogP contribution in [0.1, 0.15) is 199 Å². The summed E-state index contributed by atoms with van der Waals surface area (Å²) in [4.78, 5) is 0. The quantitative estimate of drug-likeness (QED) is 0.113. The molecule has 0 nitrogen and oxygen atoms in total. The van der Waals surface area contributed by atoms with E-state index in [0.717, 1.165) is 0 Å². The second-order valence-corrected chi connectivity index (χ2v) is 12.9.